The van der Waals surface area contributed by atoms with Crippen molar-refractivity contribution in [2.45, 2.75) is 37.6 Å². The van der Waals surface area contributed by atoms with Crippen LogP contribution in [0.3, 0.4) is 0 Å². The average molecular weight is 184 g/mol. The van der Waals surface area contributed by atoms with E-state index < -0.39 is 0 Å². The minimum absolute atomic E-state index is 0.189. The minimum atomic E-state index is -0.388. The lowest BCUT2D eigenvalue weighted by atomic mass is 9.65. The summed E-state index contributed by atoms with van der Waals surface area (Å²) in [5.41, 5.74) is 0. The first-order chi connectivity index (χ1) is 6.30. The third kappa shape index (κ3) is 1.07. The highest BCUT2D eigenvalue weighted by atomic mass is 16.7. The van der Waals surface area contributed by atoms with Crippen molar-refractivity contribution in [2.75, 3.05) is 13.2 Å². The Hall–Kier alpha value is -0.120. The SMILES string of the molecule is O[C@H]1C[C@@H]2CC[C@H]1C1(C2)OCCO1. The van der Waals surface area contributed by atoms with E-state index in [0.29, 0.717) is 19.1 Å². The van der Waals surface area contributed by atoms with E-state index in [-0.39, 0.29) is 17.8 Å². The van der Waals surface area contributed by atoms with E-state index in [2.05, 4.69) is 0 Å². The highest BCUT2D eigenvalue weighted by Crippen LogP contribution is 2.51. The van der Waals surface area contributed by atoms with Crippen molar-refractivity contribution >= 4 is 0 Å². The summed E-state index contributed by atoms with van der Waals surface area (Å²) < 4.78 is 11.4. The van der Waals surface area contributed by atoms with Crippen molar-refractivity contribution in [3.63, 3.8) is 0 Å². The van der Waals surface area contributed by atoms with Crippen LogP contribution in [0.2, 0.25) is 0 Å². The number of hydrogen-bond acceptors (Lipinski definition) is 3. The van der Waals surface area contributed by atoms with Gasteiger partial charge < -0.3 is 14.6 Å². The fraction of sp³-hybridized carbons (Fsp3) is 1.00. The van der Waals surface area contributed by atoms with Crippen LogP contribution >= 0.6 is 0 Å². The van der Waals surface area contributed by atoms with Gasteiger partial charge >= 0.3 is 0 Å². The summed E-state index contributed by atoms with van der Waals surface area (Å²) in [7, 11) is 0. The van der Waals surface area contributed by atoms with Gasteiger partial charge in [-0.05, 0) is 25.2 Å². The van der Waals surface area contributed by atoms with Crippen LogP contribution in [0.25, 0.3) is 0 Å². The lowest BCUT2D eigenvalue weighted by Gasteiger charge is -2.50. The third-order valence-corrected chi connectivity index (χ3v) is 3.84. The first kappa shape index (κ1) is 8.21. The second-order valence-electron chi connectivity index (χ2n) is 4.57. The number of aliphatic hydroxyl groups excluding tert-OH is 1. The Bertz CT molecular complexity index is 210. The molecule has 4 fully saturated rings. The molecule has 4 aliphatic rings. The normalized spacial score (nSPS) is 47.3. The summed E-state index contributed by atoms with van der Waals surface area (Å²) >= 11 is 0. The summed E-state index contributed by atoms with van der Waals surface area (Å²) in [5.74, 6) is 0.471. The molecule has 0 unspecified atom stereocenters. The molecule has 3 atom stereocenters. The zero-order chi connectivity index (χ0) is 8.89. The van der Waals surface area contributed by atoms with E-state index in [1.165, 1.54) is 6.42 Å². The van der Waals surface area contributed by atoms with Crippen molar-refractivity contribution in [1.82, 2.24) is 0 Å². The molecule has 74 valence electrons. The van der Waals surface area contributed by atoms with E-state index in [0.717, 1.165) is 19.3 Å². The molecule has 0 aromatic rings. The first-order valence-electron chi connectivity index (χ1n) is 5.26. The van der Waals surface area contributed by atoms with Gasteiger partial charge in [0.25, 0.3) is 0 Å². The summed E-state index contributed by atoms with van der Waals surface area (Å²) in [6.45, 7) is 1.41. The van der Waals surface area contributed by atoms with Crippen LogP contribution in [0.1, 0.15) is 25.7 Å². The average Bonchev–Trinajstić information content (AvgIpc) is 2.53. The quantitative estimate of drug-likeness (QED) is 0.608. The number of ether oxygens (including phenoxy) is 2. The Kier molecular flexibility index (Phi) is 1.70. The topological polar surface area (TPSA) is 38.7 Å². The molecule has 3 aliphatic carbocycles. The van der Waals surface area contributed by atoms with Crippen LogP contribution in [-0.4, -0.2) is 30.2 Å². The van der Waals surface area contributed by atoms with E-state index in [1.807, 2.05) is 0 Å². The first-order valence-corrected chi connectivity index (χ1v) is 5.26. The van der Waals surface area contributed by atoms with Gasteiger partial charge in [0.15, 0.2) is 5.79 Å². The molecule has 1 aliphatic heterocycles. The van der Waals surface area contributed by atoms with Crippen LogP contribution in [0, 0.1) is 11.8 Å². The van der Waals surface area contributed by atoms with E-state index >= 15 is 0 Å². The molecule has 0 radical (unpaired) electrons. The fourth-order valence-electron chi connectivity index (χ4n) is 3.29. The minimum Gasteiger partial charge on any atom is -0.393 e. The molecular weight excluding hydrogens is 168 g/mol. The van der Waals surface area contributed by atoms with Crippen LogP contribution in [0.15, 0.2) is 0 Å². The van der Waals surface area contributed by atoms with Crippen LogP contribution in [0.4, 0.5) is 0 Å². The maximum absolute atomic E-state index is 9.86. The van der Waals surface area contributed by atoms with Crippen LogP contribution in [0.5, 0.6) is 0 Å². The van der Waals surface area contributed by atoms with Gasteiger partial charge in [0, 0.05) is 12.3 Å². The van der Waals surface area contributed by atoms with Gasteiger partial charge in [0.1, 0.15) is 0 Å². The maximum Gasteiger partial charge on any atom is 0.173 e. The van der Waals surface area contributed by atoms with Gasteiger partial charge in [-0.25, -0.2) is 0 Å². The predicted octanol–water partition coefficient (Wildman–Crippen LogP) is 0.910. The molecule has 13 heavy (non-hydrogen) atoms. The molecule has 3 nitrogen and oxygen atoms in total. The van der Waals surface area contributed by atoms with Gasteiger partial charge in [-0.1, -0.05) is 0 Å². The van der Waals surface area contributed by atoms with Gasteiger partial charge in [-0.2, -0.15) is 0 Å². The third-order valence-electron chi connectivity index (χ3n) is 3.84. The Morgan fingerprint density at radius 3 is 2.54 bits per heavy atom. The molecule has 1 heterocycles. The van der Waals surface area contributed by atoms with Crippen molar-refractivity contribution in [3.05, 3.63) is 0 Å². The molecule has 0 amide bonds. The number of hydrogen-bond donors (Lipinski definition) is 1. The zero-order valence-corrected chi connectivity index (χ0v) is 7.74. The lowest BCUT2D eigenvalue weighted by molar-refractivity contribution is -0.264. The van der Waals surface area contributed by atoms with Gasteiger partial charge in [-0.3, -0.25) is 0 Å². The Morgan fingerprint density at radius 1 is 1.15 bits per heavy atom. The highest BCUT2D eigenvalue weighted by Gasteiger charge is 2.55. The van der Waals surface area contributed by atoms with Gasteiger partial charge in [0.2, 0.25) is 0 Å². The molecule has 4 rings (SSSR count). The number of rotatable bonds is 0. The second kappa shape index (κ2) is 2.69. The molecule has 3 heteroatoms. The van der Waals surface area contributed by atoms with Crippen molar-refractivity contribution in [3.8, 4) is 0 Å². The molecule has 1 saturated heterocycles. The van der Waals surface area contributed by atoms with E-state index in [1.54, 1.807) is 0 Å². The maximum atomic E-state index is 9.86. The van der Waals surface area contributed by atoms with Crippen LogP contribution in [-0.2, 0) is 9.47 Å². The summed E-state index contributed by atoms with van der Waals surface area (Å²) in [4.78, 5) is 0. The molecule has 1 spiro atoms. The van der Waals surface area contributed by atoms with Crippen molar-refractivity contribution in [1.29, 1.82) is 0 Å². The van der Waals surface area contributed by atoms with Crippen molar-refractivity contribution in [2.24, 2.45) is 11.8 Å². The molecule has 1 N–H and O–H groups in total. The van der Waals surface area contributed by atoms with Gasteiger partial charge in [0.05, 0.1) is 19.3 Å². The largest absolute Gasteiger partial charge is 0.393 e. The number of aliphatic hydroxyl groups is 1. The highest BCUT2D eigenvalue weighted by molar-refractivity contribution is 4.99. The molecule has 0 aromatic heterocycles. The smallest absolute Gasteiger partial charge is 0.173 e. The lowest BCUT2D eigenvalue weighted by Crippen LogP contribution is -2.54. The predicted molar refractivity (Wildman–Crippen MR) is 46.1 cm³/mol. The second-order valence-corrected chi connectivity index (χ2v) is 4.57. The fourth-order valence-corrected chi connectivity index (χ4v) is 3.29. The van der Waals surface area contributed by atoms with Crippen LogP contribution < -0.4 is 0 Å². The molecular formula is C10H16O3. The summed E-state index contributed by atoms with van der Waals surface area (Å²) in [6.07, 6.45) is 4.10. The van der Waals surface area contributed by atoms with E-state index in [4.69, 9.17) is 9.47 Å². The molecule has 0 aromatic carbocycles. The monoisotopic (exact) mass is 184 g/mol. The Balaban J connectivity index is 1.89. The Morgan fingerprint density at radius 2 is 1.92 bits per heavy atom. The standard InChI is InChI=1S/C10H16O3/c11-9-5-7-1-2-8(9)10(6-7)12-3-4-13-10/h7-9,11H,1-6H2/t7-,8+,9-/m0/s1. The van der Waals surface area contributed by atoms with E-state index in [9.17, 15) is 5.11 Å². The zero-order valence-electron chi connectivity index (χ0n) is 7.74. The molecule has 2 bridgehead atoms. The van der Waals surface area contributed by atoms with Crippen molar-refractivity contribution < 1.29 is 14.6 Å². The number of fused-ring (bicyclic) bond motifs is 2. The summed E-state index contributed by atoms with van der Waals surface area (Å²) in [5, 5.41) is 9.86. The van der Waals surface area contributed by atoms with Gasteiger partial charge in [-0.15, -0.1) is 0 Å². The Labute approximate surface area is 78.0 Å². The summed E-state index contributed by atoms with van der Waals surface area (Å²) in [6, 6.07) is 0. The molecule has 3 saturated carbocycles.